The van der Waals surface area contributed by atoms with Crippen molar-refractivity contribution in [2.75, 3.05) is 13.2 Å². The molecular weight excluding hydrogens is 148 g/mol. The van der Waals surface area contributed by atoms with Crippen molar-refractivity contribution >= 4 is 0 Å². The van der Waals surface area contributed by atoms with Crippen molar-refractivity contribution in [3.63, 3.8) is 0 Å². The van der Waals surface area contributed by atoms with Gasteiger partial charge in [-0.25, -0.2) is 0 Å². The molecule has 72 valence electrons. The van der Waals surface area contributed by atoms with Crippen LogP contribution < -0.4 is 0 Å². The van der Waals surface area contributed by atoms with E-state index >= 15 is 0 Å². The molecule has 0 N–H and O–H groups in total. The molecule has 0 spiro atoms. The lowest BCUT2D eigenvalue weighted by atomic mass is 9.88. The second kappa shape index (κ2) is 4.27. The lowest BCUT2D eigenvalue weighted by molar-refractivity contribution is -0.272. The van der Waals surface area contributed by atoms with Crippen molar-refractivity contribution in [1.82, 2.24) is 0 Å². The first-order valence-corrected chi connectivity index (χ1v) is 5.46. The van der Waals surface area contributed by atoms with Gasteiger partial charge in [0.1, 0.15) is 13.2 Å². The molecule has 1 heteroatoms. The first-order valence-electron chi connectivity index (χ1n) is 5.46. The third-order valence-electron chi connectivity index (χ3n) is 3.52. The van der Waals surface area contributed by atoms with E-state index in [9.17, 15) is 0 Å². The Balaban J connectivity index is 2.66. The van der Waals surface area contributed by atoms with Crippen LogP contribution in [0.4, 0.5) is 0 Å². The summed E-state index contributed by atoms with van der Waals surface area (Å²) < 4.78 is 3.52. The van der Waals surface area contributed by atoms with Crippen LogP contribution in [-0.2, 0) is 4.37 Å². The smallest absolute Gasteiger partial charge is 0.165 e. The predicted molar refractivity (Wildman–Crippen MR) is 53.7 cm³/mol. The molecule has 1 heterocycles. The summed E-state index contributed by atoms with van der Waals surface area (Å²) in [5.74, 6) is 0. The van der Waals surface area contributed by atoms with Crippen LogP contribution in [0.5, 0.6) is 0 Å². The van der Waals surface area contributed by atoms with Crippen LogP contribution in [0.3, 0.4) is 0 Å². The lowest BCUT2D eigenvalue weighted by Crippen LogP contribution is -2.44. The van der Waals surface area contributed by atoms with E-state index < -0.39 is 0 Å². The van der Waals surface area contributed by atoms with Gasteiger partial charge in [0.15, 0.2) is 5.60 Å². The van der Waals surface area contributed by atoms with Crippen LogP contribution in [0, 0.1) is 0 Å². The molecule has 1 nitrogen and oxygen atoms in total. The standard InChI is InChI=1S/C11H23O/c1-4-11(5-2)9-7-8-10-12(11)6-3/h4-10H2,1-3H3/q+1. The molecule has 1 aliphatic rings. The minimum Gasteiger partial charge on any atom is -0.418 e. The minimum absolute atomic E-state index is 0.479. The fraction of sp³-hybridized carbons (Fsp3) is 1.00. The van der Waals surface area contributed by atoms with Gasteiger partial charge in [-0.05, 0) is 6.42 Å². The summed E-state index contributed by atoms with van der Waals surface area (Å²) in [6.45, 7) is 9.31. The van der Waals surface area contributed by atoms with Crippen molar-refractivity contribution in [1.29, 1.82) is 0 Å². The van der Waals surface area contributed by atoms with E-state index in [0.717, 1.165) is 6.61 Å². The Morgan fingerprint density at radius 1 is 1.08 bits per heavy atom. The summed E-state index contributed by atoms with van der Waals surface area (Å²) in [6, 6.07) is 0. The van der Waals surface area contributed by atoms with Gasteiger partial charge < -0.3 is 4.37 Å². The van der Waals surface area contributed by atoms with Crippen molar-refractivity contribution in [2.24, 2.45) is 0 Å². The van der Waals surface area contributed by atoms with Crippen LogP contribution in [0.25, 0.3) is 0 Å². The zero-order chi connectivity index (χ0) is 9.03. The van der Waals surface area contributed by atoms with E-state index in [0.29, 0.717) is 5.60 Å². The van der Waals surface area contributed by atoms with Gasteiger partial charge in [0.2, 0.25) is 0 Å². The first kappa shape index (κ1) is 10.0. The average Bonchev–Trinajstić information content (AvgIpc) is 2.17. The molecule has 1 saturated heterocycles. The Morgan fingerprint density at radius 3 is 2.17 bits per heavy atom. The largest absolute Gasteiger partial charge is 0.418 e. The van der Waals surface area contributed by atoms with Crippen molar-refractivity contribution in [3.8, 4) is 0 Å². The summed E-state index contributed by atoms with van der Waals surface area (Å²) in [4.78, 5) is 0. The van der Waals surface area contributed by atoms with Gasteiger partial charge in [-0.2, -0.15) is 0 Å². The highest BCUT2D eigenvalue weighted by atomic mass is 16.7. The molecule has 0 radical (unpaired) electrons. The Bertz CT molecular complexity index is 127. The Hall–Kier alpha value is -0.0400. The average molecular weight is 171 g/mol. The highest BCUT2D eigenvalue weighted by molar-refractivity contribution is 4.83. The topological polar surface area (TPSA) is 2.70 Å². The van der Waals surface area contributed by atoms with E-state index in [1.807, 2.05) is 0 Å². The van der Waals surface area contributed by atoms with Crippen LogP contribution in [0.15, 0.2) is 0 Å². The summed E-state index contributed by atoms with van der Waals surface area (Å²) in [5, 5.41) is 0. The maximum absolute atomic E-state index is 3.52. The van der Waals surface area contributed by atoms with Gasteiger partial charge in [0.25, 0.3) is 0 Å². The molecule has 0 unspecified atom stereocenters. The second-order valence-electron chi connectivity index (χ2n) is 3.83. The highest BCUT2D eigenvalue weighted by Gasteiger charge is 2.40. The van der Waals surface area contributed by atoms with E-state index in [4.69, 9.17) is 0 Å². The van der Waals surface area contributed by atoms with Gasteiger partial charge >= 0.3 is 0 Å². The molecular formula is C11H23O+. The molecule has 0 aromatic heterocycles. The molecule has 0 amide bonds. The summed E-state index contributed by atoms with van der Waals surface area (Å²) in [5.41, 5.74) is 0.479. The number of hydrogen-bond donors (Lipinski definition) is 0. The minimum atomic E-state index is 0.479. The van der Waals surface area contributed by atoms with Crippen LogP contribution in [0.2, 0.25) is 0 Å². The maximum Gasteiger partial charge on any atom is 0.165 e. The normalized spacial score (nSPS) is 24.2. The predicted octanol–water partition coefficient (Wildman–Crippen LogP) is 3.30. The second-order valence-corrected chi connectivity index (χ2v) is 3.83. The van der Waals surface area contributed by atoms with Gasteiger partial charge in [-0.15, -0.1) is 0 Å². The molecule has 0 atom stereocenters. The summed E-state index contributed by atoms with van der Waals surface area (Å²) in [6.07, 6.45) is 6.77. The fourth-order valence-electron chi connectivity index (χ4n) is 2.55. The van der Waals surface area contributed by atoms with Gasteiger partial charge in [-0.1, -0.05) is 13.8 Å². The van der Waals surface area contributed by atoms with Crippen molar-refractivity contribution in [3.05, 3.63) is 0 Å². The van der Waals surface area contributed by atoms with E-state index in [2.05, 4.69) is 25.1 Å². The van der Waals surface area contributed by atoms with Gasteiger partial charge in [0, 0.05) is 32.6 Å². The molecule has 0 aromatic carbocycles. The van der Waals surface area contributed by atoms with Gasteiger partial charge in [-0.3, -0.25) is 0 Å². The molecule has 1 fully saturated rings. The van der Waals surface area contributed by atoms with Crippen LogP contribution in [0.1, 0.15) is 52.9 Å². The Labute approximate surface area is 76.8 Å². The Morgan fingerprint density at radius 2 is 1.75 bits per heavy atom. The van der Waals surface area contributed by atoms with Crippen LogP contribution in [-0.4, -0.2) is 18.8 Å². The zero-order valence-corrected chi connectivity index (χ0v) is 8.86. The van der Waals surface area contributed by atoms with Crippen molar-refractivity contribution < 1.29 is 4.37 Å². The maximum atomic E-state index is 3.52. The van der Waals surface area contributed by atoms with E-state index in [1.165, 1.54) is 38.7 Å². The van der Waals surface area contributed by atoms with Crippen LogP contribution >= 0.6 is 0 Å². The number of hydrogen-bond acceptors (Lipinski definition) is 0. The SMILES string of the molecule is CC[O+]1CCCCC1(CC)CC. The zero-order valence-electron chi connectivity index (χ0n) is 8.86. The molecule has 1 aliphatic heterocycles. The molecule has 0 bridgehead atoms. The highest BCUT2D eigenvalue weighted by Crippen LogP contribution is 2.36. The lowest BCUT2D eigenvalue weighted by Gasteiger charge is -2.41. The van der Waals surface area contributed by atoms with Crippen molar-refractivity contribution in [2.45, 2.75) is 58.5 Å². The van der Waals surface area contributed by atoms with E-state index in [-0.39, 0.29) is 0 Å². The molecule has 0 saturated carbocycles. The van der Waals surface area contributed by atoms with Gasteiger partial charge in [0.05, 0.1) is 0 Å². The molecule has 0 aliphatic carbocycles. The summed E-state index contributed by atoms with van der Waals surface area (Å²) in [7, 11) is 0. The first-order chi connectivity index (χ1) is 5.79. The third kappa shape index (κ3) is 1.66. The third-order valence-corrected chi connectivity index (χ3v) is 3.52. The molecule has 12 heavy (non-hydrogen) atoms. The Kier molecular flexibility index (Phi) is 3.57. The summed E-state index contributed by atoms with van der Waals surface area (Å²) >= 11 is 0. The molecule has 1 rings (SSSR count). The molecule has 0 aromatic rings. The number of rotatable bonds is 3. The fourth-order valence-corrected chi connectivity index (χ4v) is 2.55. The monoisotopic (exact) mass is 171 g/mol. The van der Waals surface area contributed by atoms with E-state index in [1.54, 1.807) is 0 Å². The quantitative estimate of drug-likeness (QED) is 0.573.